The number of rotatable bonds is 3. The first-order chi connectivity index (χ1) is 9.11. The van der Waals surface area contributed by atoms with E-state index in [-0.39, 0.29) is 17.2 Å². The quantitative estimate of drug-likeness (QED) is 0.589. The van der Waals surface area contributed by atoms with E-state index in [1.165, 1.54) is 24.5 Å². The lowest BCUT2D eigenvalue weighted by atomic mass is 10.2. The van der Waals surface area contributed by atoms with Crippen LogP contribution in [0.3, 0.4) is 0 Å². The highest BCUT2D eigenvalue weighted by atomic mass is 35.5. The second kappa shape index (κ2) is 5.59. The van der Waals surface area contributed by atoms with Crippen molar-refractivity contribution in [2.75, 3.05) is 10.7 Å². The van der Waals surface area contributed by atoms with Crippen LogP contribution in [-0.2, 0) is 0 Å². The van der Waals surface area contributed by atoms with Crippen LogP contribution >= 0.6 is 11.6 Å². The number of hydrogen-bond acceptors (Lipinski definition) is 5. The zero-order chi connectivity index (χ0) is 13.8. The number of carbonyl (C=O) groups excluding carboxylic acids is 1. The highest BCUT2D eigenvalue weighted by Crippen LogP contribution is 2.16. The van der Waals surface area contributed by atoms with Crippen LogP contribution in [-0.4, -0.2) is 15.9 Å². The molecule has 6 nitrogen and oxygen atoms in total. The van der Waals surface area contributed by atoms with Crippen molar-refractivity contribution in [2.45, 2.75) is 0 Å². The number of hydrazine groups is 1. The van der Waals surface area contributed by atoms with Crippen molar-refractivity contribution in [3.8, 4) is 0 Å². The molecule has 0 aromatic carbocycles. The van der Waals surface area contributed by atoms with E-state index < -0.39 is 11.7 Å². The van der Waals surface area contributed by atoms with Gasteiger partial charge in [0.25, 0.3) is 5.91 Å². The van der Waals surface area contributed by atoms with Crippen LogP contribution in [0, 0.1) is 5.82 Å². The summed E-state index contributed by atoms with van der Waals surface area (Å²) in [6.45, 7) is 0. The van der Waals surface area contributed by atoms with E-state index in [4.69, 9.17) is 17.4 Å². The molecule has 4 N–H and O–H groups in total. The van der Waals surface area contributed by atoms with Gasteiger partial charge in [0, 0.05) is 12.4 Å². The van der Waals surface area contributed by atoms with Crippen LogP contribution in [0.4, 0.5) is 16.0 Å². The molecule has 0 saturated carbocycles. The van der Waals surface area contributed by atoms with E-state index in [9.17, 15) is 9.18 Å². The van der Waals surface area contributed by atoms with Crippen LogP contribution in [0.1, 0.15) is 10.4 Å². The largest absolute Gasteiger partial charge is 0.306 e. The first-order valence-corrected chi connectivity index (χ1v) is 5.53. The summed E-state index contributed by atoms with van der Waals surface area (Å²) in [6.07, 6.45) is 2.63. The van der Waals surface area contributed by atoms with E-state index in [0.717, 1.165) is 0 Å². The molecule has 0 aliphatic rings. The molecule has 0 unspecified atom stereocenters. The lowest BCUT2D eigenvalue weighted by Gasteiger charge is -2.07. The SMILES string of the molecule is NNc1nccc(C(=O)Nc2ccc(Cl)cn2)c1F. The zero-order valence-electron chi connectivity index (χ0n) is 9.52. The molecule has 2 aromatic rings. The molecule has 0 fully saturated rings. The number of nitrogen functional groups attached to an aromatic ring is 1. The lowest BCUT2D eigenvalue weighted by molar-refractivity contribution is 0.102. The van der Waals surface area contributed by atoms with Gasteiger partial charge in [0.2, 0.25) is 0 Å². The number of anilines is 2. The monoisotopic (exact) mass is 281 g/mol. The number of amides is 1. The summed E-state index contributed by atoms with van der Waals surface area (Å²) >= 11 is 5.66. The summed E-state index contributed by atoms with van der Waals surface area (Å²) in [7, 11) is 0. The maximum atomic E-state index is 13.8. The molecule has 8 heteroatoms. The fraction of sp³-hybridized carbons (Fsp3) is 0. The molecule has 0 radical (unpaired) electrons. The van der Waals surface area contributed by atoms with Gasteiger partial charge in [-0.25, -0.2) is 20.2 Å². The Labute approximate surface area is 112 Å². The Bertz CT molecular complexity index is 605. The van der Waals surface area contributed by atoms with E-state index in [1.807, 2.05) is 0 Å². The molecule has 0 atom stereocenters. The summed E-state index contributed by atoms with van der Waals surface area (Å²) in [6, 6.07) is 4.29. The van der Waals surface area contributed by atoms with Crippen LogP contribution in [0.2, 0.25) is 5.02 Å². The van der Waals surface area contributed by atoms with Gasteiger partial charge in [-0.2, -0.15) is 0 Å². The molecular formula is C11H9ClFN5O. The average Bonchev–Trinajstić information content (AvgIpc) is 2.41. The predicted octanol–water partition coefficient (Wildman–Crippen LogP) is 1.81. The number of nitrogens with one attached hydrogen (secondary N) is 2. The Balaban J connectivity index is 2.23. The third kappa shape index (κ3) is 2.95. The zero-order valence-corrected chi connectivity index (χ0v) is 10.3. The minimum Gasteiger partial charge on any atom is -0.306 e. The van der Waals surface area contributed by atoms with E-state index in [0.29, 0.717) is 5.02 Å². The smallest absolute Gasteiger partial charge is 0.259 e. The summed E-state index contributed by atoms with van der Waals surface area (Å²) in [5.41, 5.74) is 1.87. The molecule has 1 amide bonds. The van der Waals surface area contributed by atoms with Gasteiger partial charge in [-0.05, 0) is 18.2 Å². The molecule has 0 aliphatic heterocycles. The third-order valence-electron chi connectivity index (χ3n) is 2.24. The molecule has 0 aliphatic carbocycles. The van der Waals surface area contributed by atoms with Crippen LogP contribution in [0.25, 0.3) is 0 Å². The van der Waals surface area contributed by atoms with Crippen molar-refractivity contribution in [3.63, 3.8) is 0 Å². The van der Waals surface area contributed by atoms with Crippen molar-refractivity contribution >= 4 is 29.1 Å². The number of halogens is 2. The van der Waals surface area contributed by atoms with Gasteiger partial charge in [0.1, 0.15) is 5.82 Å². The van der Waals surface area contributed by atoms with Gasteiger partial charge in [-0.1, -0.05) is 11.6 Å². The maximum Gasteiger partial charge on any atom is 0.259 e. The van der Waals surface area contributed by atoms with E-state index in [2.05, 4.69) is 20.7 Å². The minimum absolute atomic E-state index is 0.195. The van der Waals surface area contributed by atoms with Gasteiger partial charge >= 0.3 is 0 Å². The standard InChI is InChI=1S/C11H9ClFN5O/c12-6-1-2-8(16-5-6)17-11(19)7-3-4-15-10(18-14)9(7)13/h1-5H,14H2,(H,15,18)(H,16,17,19). The van der Waals surface area contributed by atoms with Gasteiger partial charge in [-0.15, -0.1) is 0 Å². The fourth-order valence-electron chi connectivity index (χ4n) is 1.35. The first-order valence-electron chi connectivity index (χ1n) is 5.16. The van der Waals surface area contributed by atoms with Crippen molar-refractivity contribution < 1.29 is 9.18 Å². The Morgan fingerprint density at radius 2 is 2.11 bits per heavy atom. The van der Waals surface area contributed by atoms with Crippen molar-refractivity contribution in [1.29, 1.82) is 0 Å². The van der Waals surface area contributed by atoms with E-state index in [1.54, 1.807) is 6.07 Å². The molecule has 98 valence electrons. The molecule has 2 rings (SSSR count). The predicted molar refractivity (Wildman–Crippen MR) is 69.2 cm³/mol. The van der Waals surface area contributed by atoms with Crippen molar-refractivity contribution in [1.82, 2.24) is 9.97 Å². The maximum absolute atomic E-state index is 13.8. The van der Waals surface area contributed by atoms with Gasteiger partial charge in [0.15, 0.2) is 11.6 Å². The Kier molecular flexibility index (Phi) is 3.88. The molecular weight excluding hydrogens is 273 g/mol. The second-order valence-corrected chi connectivity index (χ2v) is 3.92. The summed E-state index contributed by atoms with van der Waals surface area (Å²) < 4.78 is 13.8. The van der Waals surface area contributed by atoms with Crippen LogP contribution in [0.15, 0.2) is 30.6 Å². The number of nitrogens with zero attached hydrogens (tertiary/aromatic N) is 2. The van der Waals surface area contributed by atoms with Crippen molar-refractivity contribution in [3.05, 3.63) is 47.0 Å². The molecule has 0 saturated heterocycles. The third-order valence-corrected chi connectivity index (χ3v) is 2.46. The fourth-order valence-corrected chi connectivity index (χ4v) is 1.46. The number of aromatic nitrogens is 2. The Hall–Kier alpha value is -2.25. The number of nitrogens with two attached hydrogens (primary N) is 1. The van der Waals surface area contributed by atoms with Gasteiger partial charge < -0.3 is 10.7 Å². The summed E-state index contributed by atoms with van der Waals surface area (Å²) in [5.74, 6) is 3.63. The summed E-state index contributed by atoms with van der Waals surface area (Å²) in [5, 5.41) is 2.87. The Morgan fingerprint density at radius 3 is 2.74 bits per heavy atom. The topological polar surface area (TPSA) is 92.9 Å². The lowest BCUT2D eigenvalue weighted by Crippen LogP contribution is -2.18. The van der Waals surface area contributed by atoms with Gasteiger partial charge in [0.05, 0.1) is 10.6 Å². The number of hydrogen-bond donors (Lipinski definition) is 3. The first kappa shape index (κ1) is 13.2. The molecule has 2 heterocycles. The summed E-state index contributed by atoms with van der Waals surface area (Å²) in [4.78, 5) is 19.4. The molecule has 2 aromatic heterocycles. The average molecular weight is 282 g/mol. The highest BCUT2D eigenvalue weighted by Gasteiger charge is 2.16. The molecule has 0 spiro atoms. The van der Waals surface area contributed by atoms with E-state index >= 15 is 0 Å². The van der Waals surface area contributed by atoms with Crippen LogP contribution < -0.4 is 16.6 Å². The highest BCUT2D eigenvalue weighted by molar-refractivity contribution is 6.30. The minimum atomic E-state index is -0.837. The number of carbonyl (C=O) groups is 1. The number of pyridine rings is 2. The normalized spacial score (nSPS) is 10.1. The molecule has 19 heavy (non-hydrogen) atoms. The Morgan fingerprint density at radius 1 is 1.32 bits per heavy atom. The van der Waals surface area contributed by atoms with Crippen LogP contribution in [0.5, 0.6) is 0 Å². The van der Waals surface area contributed by atoms with Gasteiger partial charge in [-0.3, -0.25) is 4.79 Å². The second-order valence-electron chi connectivity index (χ2n) is 3.48. The van der Waals surface area contributed by atoms with Crippen molar-refractivity contribution in [2.24, 2.45) is 5.84 Å². The molecule has 0 bridgehead atoms.